The number of benzene rings is 1. The van der Waals surface area contributed by atoms with E-state index in [0.29, 0.717) is 5.75 Å². The molecule has 2 rings (SSSR count). The van der Waals surface area contributed by atoms with Crippen LogP contribution < -0.4 is 0 Å². The number of hydrogen-bond donors (Lipinski definition) is 0. The summed E-state index contributed by atoms with van der Waals surface area (Å²) in [7, 11) is 0. The van der Waals surface area contributed by atoms with Gasteiger partial charge in [0.15, 0.2) is 0 Å². The van der Waals surface area contributed by atoms with Crippen molar-refractivity contribution in [1.29, 1.82) is 0 Å². The Labute approximate surface area is 125 Å². The van der Waals surface area contributed by atoms with E-state index in [0.717, 1.165) is 39.0 Å². The Hall–Kier alpha value is -1.00. The second-order valence-electron chi connectivity index (χ2n) is 4.98. The number of unbranched alkanes of at least 4 members (excludes halogenated alkanes) is 1. The first-order valence-electron chi connectivity index (χ1n) is 7.36. The Balaban J connectivity index is 1.80. The molecule has 4 heteroatoms. The van der Waals surface area contributed by atoms with Crippen molar-refractivity contribution in [3.05, 3.63) is 35.9 Å². The molecule has 1 aromatic rings. The highest BCUT2D eigenvalue weighted by Gasteiger charge is 2.31. The topological polar surface area (TPSA) is 29.5 Å². The molecule has 1 heterocycles. The number of thioether (sulfide) groups is 1. The average molecular weight is 293 g/mol. The quantitative estimate of drug-likeness (QED) is 0.687. The molecule has 0 aliphatic carbocycles. The minimum atomic E-state index is 0.180. The first-order valence-corrected chi connectivity index (χ1v) is 8.41. The number of carbonyl (C=O) groups excluding carboxylic acids is 1. The lowest BCUT2D eigenvalue weighted by Gasteiger charge is -2.24. The number of amides is 1. The molecule has 1 aliphatic heterocycles. The predicted octanol–water partition coefficient (Wildman–Crippen LogP) is 3.47. The first-order chi connectivity index (χ1) is 9.83. The normalized spacial score (nSPS) is 18.8. The molecular formula is C16H23NO2S. The van der Waals surface area contributed by atoms with Crippen LogP contribution in [0.2, 0.25) is 0 Å². The third-order valence-electron chi connectivity index (χ3n) is 3.38. The molecule has 1 aromatic carbocycles. The van der Waals surface area contributed by atoms with Crippen molar-refractivity contribution in [2.75, 3.05) is 25.5 Å². The molecule has 3 nitrogen and oxygen atoms in total. The van der Waals surface area contributed by atoms with Crippen molar-refractivity contribution in [1.82, 2.24) is 4.90 Å². The van der Waals surface area contributed by atoms with Gasteiger partial charge in [0.2, 0.25) is 5.91 Å². The maximum Gasteiger partial charge on any atom is 0.233 e. The SMILES string of the molecule is CCCCOCCCN1C(=O)CSC1c1ccccc1. The van der Waals surface area contributed by atoms with Gasteiger partial charge >= 0.3 is 0 Å². The van der Waals surface area contributed by atoms with Crippen LogP contribution in [0.5, 0.6) is 0 Å². The van der Waals surface area contributed by atoms with Crippen molar-refractivity contribution in [3.63, 3.8) is 0 Å². The lowest BCUT2D eigenvalue weighted by atomic mass is 10.2. The van der Waals surface area contributed by atoms with E-state index in [1.54, 1.807) is 11.8 Å². The predicted molar refractivity (Wildman–Crippen MR) is 83.7 cm³/mol. The second kappa shape index (κ2) is 8.32. The van der Waals surface area contributed by atoms with Crippen LogP contribution in [0.25, 0.3) is 0 Å². The fourth-order valence-electron chi connectivity index (χ4n) is 2.28. The van der Waals surface area contributed by atoms with Crippen molar-refractivity contribution >= 4 is 17.7 Å². The van der Waals surface area contributed by atoms with E-state index in [1.807, 2.05) is 23.1 Å². The Kier molecular flexibility index (Phi) is 6.40. The minimum Gasteiger partial charge on any atom is -0.381 e. The van der Waals surface area contributed by atoms with Crippen LogP contribution in [0.3, 0.4) is 0 Å². The summed E-state index contributed by atoms with van der Waals surface area (Å²) in [5, 5.41) is 0.180. The maximum atomic E-state index is 12.0. The van der Waals surface area contributed by atoms with E-state index >= 15 is 0 Å². The summed E-state index contributed by atoms with van der Waals surface area (Å²) in [4.78, 5) is 14.0. The highest BCUT2D eigenvalue weighted by molar-refractivity contribution is 8.00. The zero-order chi connectivity index (χ0) is 14.2. The number of hydrogen-bond acceptors (Lipinski definition) is 3. The molecule has 110 valence electrons. The fraction of sp³-hybridized carbons (Fsp3) is 0.562. The molecule has 0 saturated carbocycles. The first kappa shape index (κ1) is 15.4. The monoisotopic (exact) mass is 293 g/mol. The number of ether oxygens (including phenoxy) is 1. The molecule has 1 aliphatic rings. The van der Waals surface area contributed by atoms with Gasteiger partial charge in [-0.05, 0) is 18.4 Å². The molecule has 0 aromatic heterocycles. The lowest BCUT2D eigenvalue weighted by molar-refractivity contribution is -0.128. The van der Waals surface area contributed by atoms with E-state index in [2.05, 4.69) is 19.1 Å². The van der Waals surface area contributed by atoms with Gasteiger partial charge in [0.25, 0.3) is 0 Å². The average Bonchev–Trinajstić information content (AvgIpc) is 2.85. The van der Waals surface area contributed by atoms with Crippen LogP contribution >= 0.6 is 11.8 Å². The van der Waals surface area contributed by atoms with Crippen molar-refractivity contribution in [3.8, 4) is 0 Å². The van der Waals surface area contributed by atoms with Crippen LogP contribution in [0.4, 0.5) is 0 Å². The smallest absolute Gasteiger partial charge is 0.233 e. The molecule has 20 heavy (non-hydrogen) atoms. The second-order valence-corrected chi connectivity index (χ2v) is 6.05. The molecule has 0 bridgehead atoms. The van der Waals surface area contributed by atoms with Crippen molar-refractivity contribution in [2.45, 2.75) is 31.6 Å². The van der Waals surface area contributed by atoms with Gasteiger partial charge in [-0.3, -0.25) is 4.79 Å². The molecule has 1 unspecified atom stereocenters. The summed E-state index contributed by atoms with van der Waals surface area (Å²) in [6, 6.07) is 10.3. The molecule has 1 atom stereocenters. The van der Waals surface area contributed by atoms with E-state index in [4.69, 9.17) is 4.74 Å². The van der Waals surface area contributed by atoms with Crippen LogP contribution in [-0.4, -0.2) is 36.3 Å². The molecule has 1 saturated heterocycles. The molecule has 1 amide bonds. The summed E-state index contributed by atoms with van der Waals surface area (Å²) in [6.07, 6.45) is 3.20. The Morgan fingerprint density at radius 3 is 2.75 bits per heavy atom. The number of rotatable bonds is 8. The maximum absolute atomic E-state index is 12.0. The van der Waals surface area contributed by atoms with Gasteiger partial charge in [-0.1, -0.05) is 43.7 Å². The van der Waals surface area contributed by atoms with Crippen LogP contribution in [0, 0.1) is 0 Å². The van der Waals surface area contributed by atoms with E-state index in [9.17, 15) is 4.79 Å². The largest absolute Gasteiger partial charge is 0.381 e. The summed E-state index contributed by atoms with van der Waals surface area (Å²) in [6.45, 7) is 4.53. The number of nitrogens with zero attached hydrogens (tertiary/aromatic N) is 1. The summed E-state index contributed by atoms with van der Waals surface area (Å²) < 4.78 is 5.57. The van der Waals surface area contributed by atoms with E-state index in [-0.39, 0.29) is 11.3 Å². The zero-order valence-electron chi connectivity index (χ0n) is 12.1. The van der Waals surface area contributed by atoms with Crippen LogP contribution in [0.1, 0.15) is 37.1 Å². The van der Waals surface area contributed by atoms with Crippen molar-refractivity contribution in [2.24, 2.45) is 0 Å². The van der Waals surface area contributed by atoms with Gasteiger partial charge in [0, 0.05) is 19.8 Å². The van der Waals surface area contributed by atoms with Crippen molar-refractivity contribution < 1.29 is 9.53 Å². The minimum absolute atomic E-state index is 0.180. The highest BCUT2D eigenvalue weighted by atomic mass is 32.2. The lowest BCUT2D eigenvalue weighted by Crippen LogP contribution is -2.29. The third-order valence-corrected chi connectivity index (χ3v) is 4.64. The summed E-state index contributed by atoms with van der Waals surface area (Å²) >= 11 is 1.72. The molecule has 1 fully saturated rings. The Morgan fingerprint density at radius 2 is 2.00 bits per heavy atom. The Morgan fingerprint density at radius 1 is 1.25 bits per heavy atom. The van der Waals surface area contributed by atoms with Gasteiger partial charge in [0.05, 0.1) is 5.75 Å². The van der Waals surface area contributed by atoms with Gasteiger partial charge in [0.1, 0.15) is 5.37 Å². The summed E-state index contributed by atoms with van der Waals surface area (Å²) in [5.41, 5.74) is 1.22. The molecule has 0 N–H and O–H groups in total. The molecule has 0 spiro atoms. The standard InChI is InChI=1S/C16H23NO2S/c1-2-3-11-19-12-7-10-17-15(18)13-20-16(17)14-8-5-4-6-9-14/h4-6,8-9,16H,2-3,7,10-13H2,1H3. The van der Waals surface area contributed by atoms with E-state index in [1.165, 1.54) is 5.56 Å². The fourth-order valence-corrected chi connectivity index (χ4v) is 3.49. The Bertz CT molecular complexity index is 410. The molecule has 0 radical (unpaired) electrons. The number of carbonyl (C=O) groups is 1. The summed E-state index contributed by atoms with van der Waals surface area (Å²) in [5.74, 6) is 0.841. The van der Waals surface area contributed by atoms with E-state index < -0.39 is 0 Å². The third kappa shape index (κ3) is 4.25. The van der Waals surface area contributed by atoms with Gasteiger partial charge in [-0.25, -0.2) is 0 Å². The van der Waals surface area contributed by atoms with Gasteiger partial charge in [-0.15, -0.1) is 11.8 Å². The zero-order valence-corrected chi connectivity index (χ0v) is 12.9. The van der Waals surface area contributed by atoms with Crippen LogP contribution in [0.15, 0.2) is 30.3 Å². The van der Waals surface area contributed by atoms with Crippen LogP contribution in [-0.2, 0) is 9.53 Å². The van der Waals surface area contributed by atoms with Gasteiger partial charge in [-0.2, -0.15) is 0 Å². The highest BCUT2D eigenvalue weighted by Crippen LogP contribution is 2.38. The van der Waals surface area contributed by atoms with Gasteiger partial charge < -0.3 is 9.64 Å². The molecular weight excluding hydrogens is 270 g/mol.